The van der Waals surface area contributed by atoms with Crippen molar-refractivity contribution >= 4 is 22.7 Å². The van der Waals surface area contributed by atoms with Crippen LogP contribution in [0.5, 0.6) is 0 Å². The van der Waals surface area contributed by atoms with Gasteiger partial charge in [0.05, 0.1) is 16.7 Å². The van der Waals surface area contributed by atoms with E-state index in [1.807, 2.05) is 0 Å². The normalized spacial score (nSPS) is 17.9. The van der Waals surface area contributed by atoms with Crippen LogP contribution in [0.3, 0.4) is 0 Å². The van der Waals surface area contributed by atoms with Gasteiger partial charge in [-0.05, 0) is 44.2 Å². The Morgan fingerprint density at radius 3 is 3.00 bits per heavy atom. The van der Waals surface area contributed by atoms with Gasteiger partial charge in [-0.3, -0.25) is 0 Å². The molecule has 0 N–H and O–H groups in total. The van der Waals surface area contributed by atoms with Gasteiger partial charge >= 0.3 is 0 Å². The molecule has 4 rings (SSSR count). The van der Waals surface area contributed by atoms with Crippen LogP contribution >= 0.6 is 22.7 Å². The number of hydrogen-bond acceptors (Lipinski definition) is 4. The number of thiazole rings is 1. The molecule has 0 spiro atoms. The highest BCUT2D eigenvalue weighted by atomic mass is 32.1. The van der Waals surface area contributed by atoms with Crippen LogP contribution < -0.4 is 0 Å². The largest absolute Gasteiger partial charge is 0.376 e. The Labute approximate surface area is 144 Å². The SMILES string of the molecule is Cc1cc(-c2csc(-c3cccs3)n2)c(C)n1C[C@H]1CCCO1. The molecule has 0 amide bonds. The Morgan fingerprint density at radius 2 is 2.26 bits per heavy atom. The van der Waals surface area contributed by atoms with E-state index in [1.165, 1.54) is 34.7 Å². The number of nitrogens with zero attached hydrogens (tertiary/aromatic N) is 2. The number of aromatic nitrogens is 2. The lowest BCUT2D eigenvalue weighted by atomic mass is 10.2. The summed E-state index contributed by atoms with van der Waals surface area (Å²) in [5.74, 6) is 0. The van der Waals surface area contributed by atoms with Crippen LogP contribution in [-0.2, 0) is 11.3 Å². The fraction of sp³-hybridized carbons (Fsp3) is 0.389. The Kier molecular flexibility index (Phi) is 4.09. The second kappa shape index (κ2) is 6.23. The Bertz CT molecular complexity index is 795. The second-order valence-corrected chi connectivity index (χ2v) is 7.85. The fourth-order valence-electron chi connectivity index (χ4n) is 3.24. The van der Waals surface area contributed by atoms with Crippen molar-refractivity contribution in [2.75, 3.05) is 6.61 Å². The van der Waals surface area contributed by atoms with Gasteiger partial charge in [0.25, 0.3) is 0 Å². The minimum absolute atomic E-state index is 0.366. The molecule has 1 fully saturated rings. The number of hydrogen-bond donors (Lipinski definition) is 0. The Morgan fingerprint density at radius 1 is 1.35 bits per heavy atom. The first-order chi connectivity index (χ1) is 11.2. The molecule has 3 aromatic rings. The van der Waals surface area contributed by atoms with Crippen molar-refractivity contribution in [2.45, 2.75) is 39.3 Å². The van der Waals surface area contributed by atoms with Crippen molar-refractivity contribution in [3.8, 4) is 21.1 Å². The third-order valence-electron chi connectivity index (χ3n) is 4.50. The smallest absolute Gasteiger partial charge is 0.134 e. The van der Waals surface area contributed by atoms with Crippen molar-refractivity contribution in [3.05, 3.63) is 40.3 Å². The quantitative estimate of drug-likeness (QED) is 0.655. The summed E-state index contributed by atoms with van der Waals surface area (Å²) in [5, 5.41) is 5.39. The summed E-state index contributed by atoms with van der Waals surface area (Å²) in [5.41, 5.74) is 4.92. The highest BCUT2D eigenvalue weighted by molar-refractivity contribution is 7.20. The Balaban J connectivity index is 1.64. The molecule has 120 valence electrons. The third-order valence-corrected chi connectivity index (χ3v) is 6.38. The Hall–Kier alpha value is -1.43. The summed E-state index contributed by atoms with van der Waals surface area (Å²) in [7, 11) is 0. The molecule has 3 nitrogen and oxygen atoms in total. The van der Waals surface area contributed by atoms with Gasteiger partial charge < -0.3 is 9.30 Å². The highest BCUT2D eigenvalue weighted by Crippen LogP contribution is 2.34. The molecule has 0 aromatic carbocycles. The van der Waals surface area contributed by atoms with Crippen molar-refractivity contribution in [1.82, 2.24) is 9.55 Å². The maximum atomic E-state index is 5.80. The molecular formula is C18H20N2OS2. The molecular weight excluding hydrogens is 324 g/mol. The maximum absolute atomic E-state index is 5.80. The van der Waals surface area contributed by atoms with Gasteiger partial charge in [-0.1, -0.05) is 6.07 Å². The number of thiophene rings is 1. The zero-order chi connectivity index (χ0) is 15.8. The van der Waals surface area contributed by atoms with Crippen molar-refractivity contribution in [1.29, 1.82) is 0 Å². The minimum atomic E-state index is 0.366. The molecule has 23 heavy (non-hydrogen) atoms. The summed E-state index contributed by atoms with van der Waals surface area (Å²) < 4.78 is 8.19. The van der Waals surface area contributed by atoms with E-state index in [9.17, 15) is 0 Å². The summed E-state index contributed by atoms with van der Waals surface area (Å²) in [6.07, 6.45) is 2.73. The van der Waals surface area contributed by atoms with E-state index in [2.05, 4.69) is 47.4 Å². The van der Waals surface area contributed by atoms with Gasteiger partial charge in [-0.25, -0.2) is 4.98 Å². The summed E-state index contributed by atoms with van der Waals surface area (Å²) >= 11 is 3.47. The molecule has 4 heterocycles. The first-order valence-corrected chi connectivity index (χ1v) is 9.76. The lowest BCUT2D eigenvalue weighted by molar-refractivity contribution is 0.0962. The molecule has 5 heteroatoms. The topological polar surface area (TPSA) is 27.1 Å². The van der Waals surface area contributed by atoms with Crippen LogP contribution in [0.2, 0.25) is 0 Å². The van der Waals surface area contributed by atoms with Gasteiger partial charge in [0.15, 0.2) is 0 Å². The zero-order valence-electron chi connectivity index (χ0n) is 13.4. The van der Waals surface area contributed by atoms with Crippen molar-refractivity contribution < 1.29 is 4.74 Å². The standard InChI is InChI=1S/C18H20N2OS2/c1-12-9-15(13(2)20(12)10-14-5-3-7-21-14)16-11-23-18(19-16)17-6-4-8-22-17/h4,6,8-9,11,14H,3,5,7,10H2,1-2H3/t14-/m1/s1. The summed E-state index contributed by atoms with van der Waals surface area (Å²) in [6, 6.07) is 6.47. The van der Waals surface area contributed by atoms with Gasteiger partial charge in [0.2, 0.25) is 0 Å². The van der Waals surface area contributed by atoms with Gasteiger partial charge in [-0.15, -0.1) is 22.7 Å². The molecule has 1 aliphatic heterocycles. The van der Waals surface area contributed by atoms with Gasteiger partial charge in [0, 0.05) is 35.5 Å². The van der Waals surface area contributed by atoms with Crippen LogP contribution in [-0.4, -0.2) is 22.3 Å². The first kappa shape index (κ1) is 15.1. The van der Waals surface area contributed by atoms with E-state index < -0.39 is 0 Å². The predicted molar refractivity (Wildman–Crippen MR) is 97.3 cm³/mol. The predicted octanol–water partition coefficient (Wildman–Crippen LogP) is 5.14. The first-order valence-electron chi connectivity index (χ1n) is 8.00. The lowest BCUT2D eigenvalue weighted by Crippen LogP contribution is -2.16. The number of rotatable bonds is 4. The molecule has 3 aromatic heterocycles. The molecule has 0 aliphatic carbocycles. The molecule has 0 unspecified atom stereocenters. The van der Waals surface area contributed by atoms with E-state index in [1.54, 1.807) is 22.7 Å². The molecule has 0 bridgehead atoms. The molecule has 0 radical (unpaired) electrons. The minimum Gasteiger partial charge on any atom is -0.376 e. The molecule has 1 saturated heterocycles. The van der Waals surface area contributed by atoms with Crippen molar-refractivity contribution in [3.63, 3.8) is 0 Å². The molecule has 1 aliphatic rings. The van der Waals surface area contributed by atoms with E-state index in [0.717, 1.165) is 23.9 Å². The molecule has 1 atom stereocenters. The van der Waals surface area contributed by atoms with E-state index in [4.69, 9.17) is 9.72 Å². The zero-order valence-corrected chi connectivity index (χ0v) is 15.0. The van der Waals surface area contributed by atoms with Crippen LogP contribution in [0.1, 0.15) is 24.2 Å². The third kappa shape index (κ3) is 2.89. The number of aryl methyl sites for hydroxylation is 1. The average Bonchev–Trinajstić information content (AvgIpc) is 3.31. The highest BCUT2D eigenvalue weighted by Gasteiger charge is 2.20. The van der Waals surface area contributed by atoms with Gasteiger partial charge in [-0.2, -0.15) is 0 Å². The van der Waals surface area contributed by atoms with Crippen LogP contribution in [0.4, 0.5) is 0 Å². The van der Waals surface area contributed by atoms with Crippen LogP contribution in [0.25, 0.3) is 21.1 Å². The molecule has 0 saturated carbocycles. The van der Waals surface area contributed by atoms with E-state index in [-0.39, 0.29) is 0 Å². The summed E-state index contributed by atoms with van der Waals surface area (Å²) in [6.45, 7) is 6.24. The van der Waals surface area contributed by atoms with Gasteiger partial charge in [0.1, 0.15) is 5.01 Å². The van der Waals surface area contributed by atoms with Crippen molar-refractivity contribution in [2.24, 2.45) is 0 Å². The maximum Gasteiger partial charge on any atom is 0.134 e. The van der Waals surface area contributed by atoms with E-state index >= 15 is 0 Å². The summed E-state index contributed by atoms with van der Waals surface area (Å²) in [4.78, 5) is 6.10. The lowest BCUT2D eigenvalue weighted by Gasteiger charge is -2.14. The van der Waals surface area contributed by atoms with E-state index in [0.29, 0.717) is 6.10 Å². The average molecular weight is 345 g/mol. The number of ether oxygens (including phenoxy) is 1. The van der Waals surface area contributed by atoms with Crippen LogP contribution in [0, 0.1) is 13.8 Å². The second-order valence-electron chi connectivity index (χ2n) is 6.05. The fourth-order valence-corrected chi connectivity index (χ4v) is 4.88. The monoisotopic (exact) mass is 344 g/mol. The van der Waals surface area contributed by atoms with Crippen LogP contribution in [0.15, 0.2) is 29.0 Å².